The summed E-state index contributed by atoms with van der Waals surface area (Å²) in [5.74, 6) is 2.71. The minimum Gasteiger partial charge on any atom is -0.262 e. The second kappa shape index (κ2) is 4.76. The molecule has 96 valence electrons. The summed E-state index contributed by atoms with van der Waals surface area (Å²) in [6.07, 6.45) is 5.07. The van der Waals surface area contributed by atoms with E-state index in [0.29, 0.717) is 11.8 Å². The number of nitrogens with one attached hydrogen (secondary N) is 1. The van der Waals surface area contributed by atoms with Crippen molar-refractivity contribution in [3.63, 3.8) is 0 Å². The van der Waals surface area contributed by atoms with Crippen LogP contribution < -0.4 is 0 Å². The number of hydrogen-bond acceptors (Lipinski definition) is 5. The van der Waals surface area contributed by atoms with Crippen molar-refractivity contribution in [3.8, 4) is 10.7 Å². The van der Waals surface area contributed by atoms with Crippen LogP contribution in [0.5, 0.6) is 0 Å². The number of H-pyrrole nitrogens is 1. The Hall–Kier alpha value is -1.30. The van der Waals surface area contributed by atoms with E-state index in [9.17, 15) is 0 Å². The molecule has 0 aliphatic heterocycles. The molecule has 1 N–H and O–H groups in total. The zero-order valence-electron chi connectivity index (χ0n) is 10.7. The average molecular weight is 263 g/mol. The summed E-state index contributed by atoms with van der Waals surface area (Å²) in [7, 11) is 0. The van der Waals surface area contributed by atoms with Crippen LogP contribution in [0.25, 0.3) is 10.7 Å². The van der Waals surface area contributed by atoms with Crippen molar-refractivity contribution in [2.24, 2.45) is 0 Å². The summed E-state index contributed by atoms with van der Waals surface area (Å²) in [6, 6.07) is 0. The monoisotopic (exact) mass is 263 g/mol. The fraction of sp³-hybridized carbons (Fsp3) is 0.667. The van der Waals surface area contributed by atoms with E-state index in [4.69, 9.17) is 0 Å². The summed E-state index contributed by atoms with van der Waals surface area (Å²) >= 11 is 1.38. The molecular formula is C12H17N5S. The minimum absolute atomic E-state index is 0.354. The van der Waals surface area contributed by atoms with Gasteiger partial charge in [0.05, 0.1) is 5.69 Å². The van der Waals surface area contributed by atoms with Gasteiger partial charge in [-0.3, -0.25) is 5.10 Å². The Balaban J connectivity index is 1.90. The molecule has 2 heterocycles. The second-order valence-electron chi connectivity index (χ2n) is 5.17. The Morgan fingerprint density at radius 1 is 1.28 bits per heavy atom. The highest BCUT2D eigenvalue weighted by atomic mass is 32.1. The fourth-order valence-corrected chi connectivity index (χ4v) is 3.24. The Bertz CT molecular complexity index is 524. The Morgan fingerprint density at radius 2 is 2.06 bits per heavy atom. The third-order valence-corrected chi connectivity index (χ3v) is 4.25. The van der Waals surface area contributed by atoms with E-state index in [1.165, 1.54) is 37.2 Å². The van der Waals surface area contributed by atoms with Crippen LogP contribution in [0, 0.1) is 0 Å². The van der Waals surface area contributed by atoms with Gasteiger partial charge in [-0.25, -0.2) is 4.98 Å². The zero-order chi connectivity index (χ0) is 12.5. The topological polar surface area (TPSA) is 67.3 Å². The lowest BCUT2D eigenvalue weighted by Gasteiger charge is -2.02. The van der Waals surface area contributed by atoms with Crippen LogP contribution in [0.3, 0.4) is 0 Å². The Labute approximate surface area is 110 Å². The van der Waals surface area contributed by atoms with Gasteiger partial charge in [0.1, 0.15) is 10.7 Å². The first kappa shape index (κ1) is 11.8. The molecule has 0 unspecified atom stereocenters. The molecule has 0 saturated heterocycles. The maximum atomic E-state index is 4.64. The lowest BCUT2D eigenvalue weighted by Crippen LogP contribution is -1.95. The normalized spacial score (nSPS) is 16.8. The summed E-state index contributed by atoms with van der Waals surface area (Å²) < 4.78 is 4.02. The van der Waals surface area contributed by atoms with E-state index in [1.807, 2.05) is 0 Å². The first-order valence-electron chi connectivity index (χ1n) is 6.50. The van der Waals surface area contributed by atoms with Crippen molar-refractivity contribution in [1.29, 1.82) is 0 Å². The van der Waals surface area contributed by atoms with E-state index in [1.54, 1.807) is 0 Å². The molecule has 0 spiro atoms. The Morgan fingerprint density at radius 3 is 2.78 bits per heavy atom. The van der Waals surface area contributed by atoms with Gasteiger partial charge in [0.15, 0.2) is 5.82 Å². The van der Waals surface area contributed by atoms with Crippen molar-refractivity contribution < 1.29 is 0 Å². The van der Waals surface area contributed by atoms with Crippen LogP contribution in [0.4, 0.5) is 0 Å². The largest absolute Gasteiger partial charge is 0.262 e. The molecule has 1 fully saturated rings. The van der Waals surface area contributed by atoms with E-state index in [-0.39, 0.29) is 0 Å². The van der Waals surface area contributed by atoms with Crippen LogP contribution in [0.15, 0.2) is 0 Å². The fourth-order valence-electron chi connectivity index (χ4n) is 2.49. The predicted molar refractivity (Wildman–Crippen MR) is 70.6 cm³/mol. The molecule has 1 saturated carbocycles. The molecule has 2 aromatic heterocycles. The molecule has 6 heteroatoms. The molecule has 5 nitrogen and oxygen atoms in total. The van der Waals surface area contributed by atoms with Crippen LogP contribution in [-0.2, 0) is 0 Å². The van der Waals surface area contributed by atoms with Gasteiger partial charge < -0.3 is 0 Å². The standard InChI is InChI=1S/C12H17N5S/c1-7(2)9-10(18-17-14-9)12-13-11(15-16-12)8-5-3-4-6-8/h7-8H,3-6H2,1-2H3,(H,13,15,16). The number of aromatic nitrogens is 5. The SMILES string of the molecule is CC(C)c1nnsc1-c1n[nH]c(C2CCCC2)n1. The molecule has 0 aromatic carbocycles. The predicted octanol–water partition coefficient (Wildman–Crippen LogP) is 3.10. The third kappa shape index (κ3) is 2.05. The van der Waals surface area contributed by atoms with Gasteiger partial charge in [0.25, 0.3) is 0 Å². The zero-order valence-corrected chi connectivity index (χ0v) is 11.5. The molecule has 18 heavy (non-hydrogen) atoms. The first-order valence-corrected chi connectivity index (χ1v) is 7.28. The molecular weight excluding hydrogens is 246 g/mol. The molecule has 0 atom stereocenters. The first-order chi connectivity index (χ1) is 8.75. The van der Waals surface area contributed by atoms with Crippen LogP contribution >= 0.6 is 11.5 Å². The van der Waals surface area contributed by atoms with Crippen LogP contribution in [-0.4, -0.2) is 24.8 Å². The van der Waals surface area contributed by atoms with E-state index < -0.39 is 0 Å². The molecule has 3 rings (SSSR count). The third-order valence-electron chi connectivity index (χ3n) is 3.51. The Kier molecular flexibility index (Phi) is 3.11. The van der Waals surface area contributed by atoms with Gasteiger partial charge in [-0.15, -0.1) is 5.10 Å². The van der Waals surface area contributed by atoms with E-state index >= 15 is 0 Å². The van der Waals surface area contributed by atoms with Crippen molar-refractivity contribution in [2.45, 2.75) is 51.4 Å². The minimum atomic E-state index is 0.354. The number of rotatable bonds is 3. The number of nitrogens with zero attached hydrogens (tertiary/aromatic N) is 4. The van der Waals surface area contributed by atoms with Gasteiger partial charge in [-0.2, -0.15) is 5.10 Å². The lowest BCUT2D eigenvalue weighted by atomic mass is 10.1. The highest BCUT2D eigenvalue weighted by Gasteiger charge is 2.23. The van der Waals surface area contributed by atoms with Gasteiger partial charge in [-0.1, -0.05) is 31.2 Å². The van der Waals surface area contributed by atoms with E-state index in [0.717, 1.165) is 22.2 Å². The summed E-state index contributed by atoms with van der Waals surface area (Å²) in [4.78, 5) is 5.65. The van der Waals surface area contributed by atoms with Crippen molar-refractivity contribution >= 4 is 11.5 Å². The number of aromatic amines is 1. The summed E-state index contributed by atoms with van der Waals surface area (Å²) in [5.41, 5.74) is 0.997. The van der Waals surface area contributed by atoms with Crippen LogP contribution in [0.2, 0.25) is 0 Å². The molecule has 1 aliphatic carbocycles. The van der Waals surface area contributed by atoms with E-state index in [2.05, 4.69) is 38.6 Å². The maximum absolute atomic E-state index is 4.64. The van der Waals surface area contributed by atoms with Crippen LogP contribution in [0.1, 0.15) is 62.9 Å². The molecule has 0 radical (unpaired) electrons. The smallest absolute Gasteiger partial charge is 0.194 e. The highest BCUT2D eigenvalue weighted by molar-refractivity contribution is 7.09. The number of hydrogen-bond donors (Lipinski definition) is 1. The summed E-state index contributed by atoms with van der Waals surface area (Å²) in [6.45, 7) is 4.23. The molecule has 2 aromatic rings. The van der Waals surface area contributed by atoms with Gasteiger partial charge in [0.2, 0.25) is 0 Å². The second-order valence-corrected chi connectivity index (χ2v) is 5.92. The van der Waals surface area contributed by atoms with Crippen molar-refractivity contribution in [3.05, 3.63) is 11.5 Å². The summed E-state index contributed by atoms with van der Waals surface area (Å²) in [5, 5.41) is 11.6. The van der Waals surface area contributed by atoms with Crippen molar-refractivity contribution in [2.75, 3.05) is 0 Å². The average Bonchev–Trinajstić information content (AvgIpc) is 3.10. The lowest BCUT2D eigenvalue weighted by molar-refractivity contribution is 0.672. The molecule has 0 bridgehead atoms. The molecule has 0 amide bonds. The van der Waals surface area contributed by atoms with Crippen molar-refractivity contribution in [1.82, 2.24) is 24.8 Å². The highest BCUT2D eigenvalue weighted by Crippen LogP contribution is 2.34. The van der Waals surface area contributed by atoms with Gasteiger partial charge in [-0.05, 0) is 30.3 Å². The maximum Gasteiger partial charge on any atom is 0.194 e. The quantitative estimate of drug-likeness (QED) is 0.924. The van der Waals surface area contributed by atoms with Gasteiger partial charge in [0, 0.05) is 5.92 Å². The van der Waals surface area contributed by atoms with Gasteiger partial charge >= 0.3 is 0 Å². The molecule has 1 aliphatic rings.